The number of benzene rings is 5. The maximum absolute atomic E-state index is 13.5. The molecule has 1 aliphatic heterocycles. The number of carbonyl (C=O) groups excluding carboxylic acids is 2. The van der Waals surface area contributed by atoms with Gasteiger partial charge < -0.3 is 29.3 Å². The molecule has 6 rings (SSSR count). The lowest BCUT2D eigenvalue weighted by Gasteiger charge is -2.34. The molecule has 1 saturated heterocycles. The second-order valence-electron chi connectivity index (χ2n) is 12.8. The lowest BCUT2D eigenvalue weighted by molar-refractivity contribution is -0.00841. The van der Waals surface area contributed by atoms with E-state index in [1.165, 1.54) is 6.42 Å². The molecule has 2 amide bonds. The summed E-state index contributed by atoms with van der Waals surface area (Å²) in [5, 5.41) is 5.42. The van der Waals surface area contributed by atoms with E-state index in [1.807, 2.05) is 96.9 Å². The van der Waals surface area contributed by atoms with E-state index >= 15 is 0 Å². The summed E-state index contributed by atoms with van der Waals surface area (Å²) in [7, 11) is 3.46. The van der Waals surface area contributed by atoms with E-state index in [1.54, 1.807) is 12.0 Å². The fourth-order valence-electron chi connectivity index (χ4n) is 6.41. The molecular weight excluding hydrogens is 626 g/mol. The predicted octanol–water partition coefficient (Wildman–Crippen LogP) is 8.54. The summed E-state index contributed by atoms with van der Waals surface area (Å²) in [6, 6.07) is 36.0. The van der Waals surface area contributed by atoms with Crippen molar-refractivity contribution in [3.63, 3.8) is 0 Å². The van der Waals surface area contributed by atoms with E-state index in [4.69, 9.17) is 14.2 Å². The Bertz CT molecular complexity index is 1930. The minimum absolute atomic E-state index is 0.0480. The van der Waals surface area contributed by atoms with E-state index < -0.39 is 0 Å². The third-order valence-corrected chi connectivity index (χ3v) is 9.21. The van der Waals surface area contributed by atoms with Gasteiger partial charge in [0.15, 0.2) is 6.79 Å². The molecule has 5 aromatic rings. The van der Waals surface area contributed by atoms with Crippen LogP contribution in [0.2, 0.25) is 0 Å². The van der Waals surface area contributed by atoms with Crippen LogP contribution in [0.4, 0.5) is 11.4 Å². The molecule has 1 atom stereocenters. The fraction of sp³-hybridized carbons (Fsp3) is 0.286. The first-order valence-corrected chi connectivity index (χ1v) is 17.2. The normalized spacial score (nSPS) is 14.4. The van der Waals surface area contributed by atoms with Gasteiger partial charge in [-0.1, -0.05) is 54.6 Å². The quantitative estimate of drug-likeness (QED) is 0.0999. The molecule has 0 aromatic heterocycles. The number of anilines is 2. The number of methoxy groups -OCH3 is 1. The average Bonchev–Trinajstić information content (AvgIpc) is 3.15. The molecule has 8 heteroatoms. The van der Waals surface area contributed by atoms with Crippen molar-refractivity contribution in [2.24, 2.45) is 0 Å². The Hall–Kier alpha value is -5.18. The van der Waals surface area contributed by atoms with Crippen molar-refractivity contribution >= 4 is 34.0 Å². The lowest BCUT2D eigenvalue weighted by atomic mass is 10.0. The lowest BCUT2D eigenvalue weighted by Crippen LogP contribution is -2.42. The standard InChI is InChI=1S/C42H45N3O5/c1-30-9-6-7-22-45(30)42(47)39-12-4-5-13-40(39)43-37-19-16-32(17-20-37)33-11-8-10-31(25-33)28-44(2)41(46)36-15-14-35-27-38(21-18-34(35)26-36)50-29-49-24-23-48-3/h4-5,8,10-21,25-27,30,43H,6-7,9,22-24,28-29H2,1-3H3. The van der Waals surface area contributed by atoms with Crippen LogP contribution in [0.1, 0.15) is 52.5 Å². The first kappa shape index (κ1) is 34.7. The molecule has 1 aliphatic rings. The largest absolute Gasteiger partial charge is 0.468 e. The molecule has 5 aromatic carbocycles. The van der Waals surface area contributed by atoms with Crippen LogP contribution in [0.15, 0.2) is 109 Å². The molecule has 0 aliphatic carbocycles. The highest BCUT2D eigenvalue weighted by Gasteiger charge is 2.25. The summed E-state index contributed by atoms with van der Waals surface area (Å²) in [5.41, 5.74) is 6.21. The Balaban J connectivity index is 1.08. The number of carbonyl (C=O) groups is 2. The van der Waals surface area contributed by atoms with E-state index in [-0.39, 0.29) is 24.6 Å². The maximum Gasteiger partial charge on any atom is 0.256 e. The summed E-state index contributed by atoms with van der Waals surface area (Å²) in [4.78, 5) is 30.6. The number of para-hydroxylation sites is 1. The fourth-order valence-corrected chi connectivity index (χ4v) is 6.41. The van der Waals surface area contributed by atoms with Crippen molar-refractivity contribution < 1.29 is 23.8 Å². The molecule has 0 saturated carbocycles. The SMILES string of the molecule is COCCOCOc1ccc2cc(C(=O)N(C)Cc3cccc(-c4ccc(Nc5ccccc5C(=O)N5CCCCC5C)cc4)c3)ccc2c1. The van der Waals surface area contributed by atoms with Crippen molar-refractivity contribution in [2.45, 2.75) is 38.8 Å². The monoisotopic (exact) mass is 671 g/mol. The van der Waals surface area contributed by atoms with Gasteiger partial charge in [0.1, 0.15) is 5.75 Å². The zero-order valence-corrected chi connectivity index (χ0v) is 29.1. The van der Waals surface area contributed by atoms with E-state index in [0.717, 1.165) is 58.2 Å². The summed E-state index contributed by atoms with van der Waals surface area (Å²) < 4.78 is 16.0. The Morgan fingerprint density at radius 3 is 2.46 bits per heavy atom. The Labute approximate surface area is 294 Å². The van der Waals surface area contributed by atoms with Gasteiger partial charge in [0.25, 0.3) is 11.8 Å². The first-order chi connectivity index (χ1) is 24.4. The van der Waals surface area contributed by atoms with Gasteiger partial charge in [0.2, 0.25) is 0 Å². The van der Waals surface area contributed by atoms with Gasteiger partial charge in [-0.2, -0.15) is 0 Å². The Morgan fingerprint density at radius 2 is 1.64 bits per heavy atom. The smallest absolute Gasteiger partial charge is 0.256 e. The molecule has 8 nitrogen and oxygen atoms in total. The second-order valence-corrected chi connectivity index (χ2v) is 12.8. The van der Waals surface area contributed by atoms with E-state index in [9.17, 15) is 9.59 Å². The van der Waals surface area contributed by atoms with Gasteiger partial charge >= 0.3 is 0 Å². The molecule has 1 fully saturated rings. The summed E-state index contributed by atoms with van der Waals surface area (Å²) in [5.74, 6) is 0.739. The number of nitrogens with one attached hydrogen (secondary N) is 1. The molecule has 1 heterocycles. The molecule has 0 radical (unpaired) electrons. The molecule has 0 spiro atoms. The van der Waals surface area contributed by atoms with Crippen LogP contribution in [0, 0.1) is 0 Å². The molecular formula is C42H45N3O5. The van der Waals surface area contributed by atoms with Crippen molar-refractivity contribution in [3.05, 3.63) is 126 Å². The van der Waals surface area contributed by atoms with Crippen molar-refractivity contribution in [3.8, 4) is 16.9 Å². The first-order valence-electron chi connectivity index (χ1n) is 17.2. The number of likely N-dealkylation sites (tertiary alicyclic amines) is 1. The predicted molar refractivity (Wildman–Crippen MR) is 199 cm³/mol. The molecule has 1 N–H and O–H groups in total. The van der Waals surface area contributed by atoms with Gasteiger partial charge in [-0.05, 0) is 108 Å². The highest BCUT2D eigenvalue weighted by atomic mass is 16.7. The summed E-state index contributed by atoms with van der Waals surface area (Å²) >= 11 is 0. The highest BCUT2D eigenvalue weighted by molar-refractivity contribution is 6.01. The molecule has 258 valence electrons. The second kappa shape index (κ2) is 16.5. The minimum Gasteiger partial charge on any atom is -0.468 e. The van der Waals surface area contributed by atoms with Crippen molar-refractivity contribution in [2.75, 3.05) is 46.0 Å². The number of piperidine rings is 1. The maximum atomic E-state index is 13.5. The van der Waals surface area contributed by atoms with Gasteiger partial charge in [0.05, 0.1) is 24.5 Å². The van der Waals surface area contributed by atoms with Crippen LogP contribution >= 0.6 is 0 Å². The van der Waals surface area contributed by atoms with Gasteiger partial charge in [0, 0.05) is 44.5 Å². The van der Waals surface area contributed by atoms with Crippen LogP contribution in [0.25, 0.3) is 21.9 Å². The van der Waals surface area contributed by atoms with Crippen LogP contribution in [-0.2, 0) is 16.0 Å². The summed E-state index contributed by atoms with van der Waals surface area (Å²) in [6.07, 6.45) is 3.27. The van der Waals surface area contributed by atoms with Crippen molar-refractivity contribution in [1.29, 1.82) is 0 Å². The molecule has 50 heavy (non-hydrogen) atoms. The van der Waals surface area contributed by atoms with Gasteiger partial charge in [-0.3, -0.25) is 9.59 Å². The third-order valence-electron chi connectivity index (χ3n) is 9.21. The van der Waals surface area contributed by atoms with Gasteiger partial charge in [-0.15, -0.1) is 0 Å². The number of ether oxygens (including phenoxy) is 3. The average molecular weight is 672 g/mol. The van der Waals surface area contributed by atoms with Crippen LogP contribution < -0.4 is 10.1 Å². The van der Waals surface area contributed by atoms with E-state index in [0.29, 0.717) is 36.6 Å². The van der Waals surface area contributed by atoms with Gasteiger partial charge in [-0.25, -0.2) is 0 Å². The molecule has 0 bridgehead atoms. The zero-order chi connectivity index (χ0) is 34.9. The topological polar surface area (TPSA) is 80.3 Å². The minimum atomic E-state index is -0.0480. The number of amides is 2. The van der Waals surface area contributed by atoms with Crippen LogP contribution in [0.5, 0.6) is 5.75 Å². The van der Waals surface area contributed by atoms with Crippen LogP contribution in [0.3, 0.4) is 0 Å². The zero-order valence-electron chi connectivity index (χ0n) is 29.1. The number of hydrogen-bond acceptors (Lipinski definition) is 6. The summed E-state index contributed by atoms with van der Waals surface area (Å²) in [6.45, 7) is 4.55. The molecule has 1 unspecified atom stereocenters. The number of rotatable bonds is 13. The number of hydrogen-bond donors (Lipinski definition) is 1. The number of fused-ring (bicyclic) bond motifs is 1. The van der Waals surface area contributed by atoms with Crippen molar-refractivity contribution in [1.82, 2.24) is 9.80 Å². The Kier molecular flexibility index (Phi) is 11.4. The van der Waals surface area contributed by atoms with Crippen LogP contribution in [-0.4, -0.2) is 68.4 Å². The third kappa shape index (κ3) is 8.51. The number of nitrogens with zero attached hydrogens (tertiary/aromatic N) is 2. The van der Waals surface area contributed by atoms with E-state index in [2.05, 4.69) is 36.5 Å². The highest BCUT2D eigenvalue weighted by Crippen LogP contribution is 2.29. The Morgan fingerprint density at radius 1 is 0.840 bits per heavy atom.